The van der Waals surface area contributed by atoms with Gasteiger partial charge >= 0.3 is 0 Å². The van der Waals surface area contributed by atoms with Gasteiger partial charge in [-0.3, -0.25) is 0 Å². The fraction of sp³-hybridized carbons (Fsp3) is 1.00. The molecule has 0 fully saturated rings. The summed E-state index contributed by atoms with van der Waals surface area (Å²) in [6, 6.07) is 0. The van der Waals surface area contributed by atoms with E-state index in [2.05, 4.69) is 66.2 Å². The van der Waals surface area contributed by atoms with Crippen molar-refractivity contribution in [3.63, 3.8) is 0 Å². The van der Waals surface area contributed by atoms with Crippen molar-refractivity contribution in [2.24, 2.45) is 0 Å². The Morgan fingerprint density at radius 3 is 1.27 bits per heavy atom. The standard InChI is InChI=1S/C11H30OSi3/c1-11(2,13(3,4)5)15(9,10)12-14(6,7)8/h1-10H3. The van der Waals surface area contributed by atoms with Crippen LogP contribution < -0.4 is 0 Å². The largest absolute Gasteiger partial charge is 0.456 e. The molecule has 0 bridgehead atoms. The van der Waals surface area contributed by atoms with E-state index in [4.69, 9.17) is 4.12 Å². The van der Waals surface area contributed by atoms with Crippen molar-refractivity contribution in [3.8, 4) is 0 Å². The van der Waals surface area contributed by atoms with Gasteiger partial charge in [-0.15, -0.1) is 0 Å². The predicted octanol–water partition coefficient (Wildman–Crippen LogP) is 4.70. The summed E-state index contributed by atoms with van der Waals surface area (Å²) in [5, 5.41) is 0. The molecule has 0 aliphatic carbocycles. The maximum Gasteiger partial charge on any atom is 0.176 e. The van der Waals surface area contributed by atoms with Gasteiger partial charge in [0.2, 0.25) is 0 Å². The highest BCUT2D eigenvalue weighted by Gasteiger charge is 2.50. The Hall–Kier alpha value is 0.611. The van der Waals surface area contributed by atoms with Gasteiger partial charge in [-0.2, -0.15) is 0 Å². The van der Waals surface area contributed by atoms with Crippen molar-refractivity contribution < 1.29 is 4.12 Å². The van der Waals surface area contributed by atoms with E-state index >= 15 is 0 Å². The van der Waals surface area contributed by atoms with Gasteiger partial charge in [0, 0.05) is 8.07 Å². The first-order valence-corrected chi connectivity index (χ1v) is 15.7. The molecule has 0 aromatic rings. The first-order chi connectivity index (χ1) is 6.21. The number of hydrogen-bond acceptors (Lipinski definition) is 1. The molecule has 0 radical (unpaired) electrons. The third-order valence-corrected chi connectivity index (χ3v) is 19.2. The van der Waals surface area contributed by atoms with Crippen molar-refractivity contribution in [2.75, 3.05) is 0 Å². The van der Waals surface area contributed by atoms with Crippen LogP contribution in [0, 0.1) is 0 Å². The molecule has 0 aliphatic rings. The maximum atomic E-state index is 6.53. The highest BCUT2D eigenvalue weighted by Crippen LogP contribution is 2.46. The van der Waals surface area contributed by atoms with Crippen LogP contribution in [0.4, 0.5) is 0 Å². The van der Waals surface area contributed by atoms with E-state index in [1.54, 1.807) is 0 Å². The van der Waals surface area contributed by atoms with E-state index in [-0.39, 0.29) is 0 Å². The van der Waals surface area contributed by atoms with Crippen LogP contribution in [0.15, 0.2) is 0 Å². The van der Waals surface area contributed by atoms with Crippen LogP contribution in [0.25, 0.3) is 0 Å². The molecule has 0 unspecified atom stereocenters. The molecule has 0 spiro atoms. The minimum atomic E-state index is -1.58. The SMILES string of the molecule is CC(C)([Si](C)(C)C)[Si](C)(C)O[Si](C)(C)C. The molecule has 0 atom stereocenters. The molecule has 0 amide bonds. The van der Waals surface area contributed by atoms with Gasteiger partial charge < -0.3 is 4.12 Å². The zero-order chi connectivity index (χ0) is 12.7. The van der Waals surface area contributed by atoms with E-state index in [0.29, 0.717) is 4.66 Å². The summed E-state index contributed by atoms with van der Waals surface area (Å²) in [5.74, 6) is 0. The molecular weight excluding hydrogens is 232 g/mol. The van der Waals surface area contributed by atoms with Crippen molar-refractivity contribution in [2.45, 2.75) is 70.9 Å². The van der Waals surface area contributed by atoms with E-state index in [9.17, 15) is 0 Å². The maximum absolute atomic E-state index is 6.53. The first kappa shape index (κ1) is 15.6. The van der Waals surface area contributed by atoms with Crippen molar-refractivity contribution in [3.05, 3.63) is 0 Å². The molecule has 0 aliphatic heterocycles. The highest BCUT2D eigenvalue weighted by molar-refractivity contribution is 6.99. The molecule has 1 nitrogen and oxygen atoms in total. The fourth-order valence-corrected chi connectivity index (χ4v) is 16.6. The third kappa shape index (κ3) is 3.84. The summed E-state index contributed by atoms with van der Waals surface area (Å²) in [6.45, 7) is 24.0. The zero-order valence-corrected chi connectivity index (χ0v) is 15.4. The van der Waals surface area contributed by atoms with Crippen LogP contribution in [-0.2, 0) is 4.12 Å². The lowest BCUT2D eigenvalue weighted by Gasteiger charge is -2.50. The second kappa shape index (κ2) is 4.13. The summed E-state index contributed by atoms with van der Waals surface area (Å²) in [4.78, 5) is 0. The van der Waals surface area contributed by atoms with Gasteiger partial charge in [0.25, 0.3) is 0 Å². The van der Waals surface area contributed by atoms with Crippen LogP contribution in [0.1, 0.15) is 13.8 Å². The molecule has 15 heavy (non-hydrogen) atoms. The Morgan fingerprint density at radius 2 is 1.07 bits per heavy atom. The van der Waals surface area contributed by atoms with Crippen molar-refractivity contribution in [1.29, 1.82) is 0 Å². The lowest BCUT2D eigenvalue weighted by molar-refractivity contribution is 0.517. The summed E-state index contributed by atoms with van der Waals surface area (Å²) in [5.41, 5.74) is 0. The quantitative estimate of drug-likeness (QED) is 0.667. The fourth-order valence-electron chi connectivity index (χ4n) is 1.80. The van der Waals surface area contributed by atoms with Crippen LogP contribution in [0.5, 0.6) is 0 Å². The Morgan fingerprint density at radius 1 is 0.733 bits per heavy atom. The van der Waals surface area contributed by atoms with Crippen molar-refractivity contribution >= 4 is 24.7 Å². The molecule has 0 rings (SSSR count). The molecule has 0 aromatic heterocycles. The van der Waals surface area contributed by atoms with E-state index in [0.717, 1.165) is 0 Å². The lowest BCUT2D eigenvalue weighted by Crippen LogP contribution is -2.57. The summed E-state index contributed by atoms with van der Waals surface area (Å²) < 4.78 is 6.96. The van der Waals surface area contributed by atoms with Gasteiger partial charge in [0.1, 0.15) is 0 Å². The second-order valence-electron chi connectivity index (χ2n) is 7.60. The first-order valence-electron chi connectivity index (χ1n) is 5.91. The summed E-state index contributed by atoms with van der Waals surface area (Å²) in [7, 11) is -4.14. The molecule has 0 N–H and O–H groups in total. The van der Waals surface area contributed by atoms with E-state index in [1.165, 1.54) is 0 Å². The molecule has 92 valence electrons. The van der Waals surface area contributed by atoms with Gasteiger partial charge in [-0.25, -0.2) is 0 Å². The van der Waals surface area contributed by atoms with Gasteiger partial charge in [0.05, 0.1) is 0 Å². The van der Waals surface area contributed by atoms with Gasteiger partial charge in [-0.05, 0) is 37.4 Å². The number of rotatable bonds is 4. The second-order valence-corrected chi connectivity index (χ2v) is 23.2. The monoisotopic (exact) mass is 262 g/mol. The van der Waals surface area contributed by atoms with Crippen molar-refractivity contribution in [1.82, 2.24) is 0 Å². The molecule has 0 aromatic carbocycles. The topological polar surface area (TPSA) is 9.23 Å². The average molecular weight is 263 g/mol. The van der Waals surface area contributed by atoms with Gasteiger partial charge in [-0.1, -0.05) is 33.5 Å². The molecule has 0 saturated carbocycles. The average Bonchev–Trinajstić information content (AvgIpc) is 1.77. The molecule has 0 heterocycles. The minimum absolute atomic E-state index is 0.431. The molecule has 4 heteroatoms. The third-order valence-electron chi connectivity index (χ3n) is 3.94. The normalized spacial score (nSPS) is 15.6. The Kier molecular flexibility index (Phi) is 4.29. The zero-order valence-electron chi connectivity index (χ0n) is 12.4. The Bertz CT molecular complexity index is 221. The van der Waals surface area contributed by atoms with Crippen LogP contribution in [-0.4, -0.2) is 24.7 Å². The van der Waals surface area contributed by atoms with Crippen LogP contribution in [0.2, 0.25) is 57.0 Å². The molecule has 0 saturated heterocycles. The van der Waals surface area contributed by atoms with Crippen LogP contribution in [0.3, 0.4) is 0 Å². The number of hydrogen-bond donors (Lipinski definition) is 0. The summed E-state index contributed by atoms with van der Waals surface area (Å²) >= 11 is 0. The molecular formula is C11H30OSi3. The summed E-state index contributed by atoms with van der Waals surface area (Å²) in [6.07, 6.45) is 0. The lowest BCUT2D eigenvalue weighted by atomic mass is 10.5. The van der Waals surface area contributed by atoms with Gasteiger partial charge in [0.15, 0.2) is 16.6 Å². The Labute approximate surface area is 99.9 Å². The highest BCUT2D eigenvalue weighted by atomic mass is 28.4. The predicted molar refractivity (Wildman–Crippen MR) is 79.3 cm³/mol. The van der Waals surface area contributed by atoms with E-state index < -0.39 is 24.7 Å². The van der Waals surface area contributed by atoms with Crippen LogP contribution >= 0.6 is 0 Å². The smallest absolute Gasteiger partial charge is 0.176 e. The van der Waals surface area contributed by atoms with E-state index in [1.807, 2.05) is 0 Å². The minimum Gasteiger partial charge on any atom is -0.456 e. The Balaban J connectivity index is 5.03.